The number of hydrogen-bond acceptors (Lipinski definition) is 5. The number of sulfonamides is 1. The summed E-state index contributed by atoms with van der Waals surface area (Å²) in [4.78, 5) is 7.10. The lowest BCUT2D eigenvalue weighted by atomic mass is 9.94. The first-order valence-corrected chi connectivity index (χ1v) is 9.74. The predicted octanol–water partition coefficient (Wildman–Crippen LogP) is 1.93. The zero-order valence-corrected chi connectivity index (χ0v) is 15.3. The second-order valence-electron chi connectivity index (χ2n) is 7.04. The van der Waals surface area contributed by atoms with Crippen molar-refractivity contribution < 1.29 is 13.3 Å². The number of aromatic nitrogens is 3. The van der Waals surface area contributed by atoms with Gasteiger partial charge in [0.05, 0.1) is 4.90 Å². The van der Waals surface area contributed by atoms with E-state index in [1.54, 1.807) is 22.5 Å². The molecule has 1 aromatic carbocycles. The van der Waals surface area contributed by atoms with Crippen LogP contribution in [0.25, 0.3) is 11.0 Å². The van der Waals surface area contributed by atoms with Crippen LogP contribution in [-0.4, -0.2) is 47.1 Å². The molecule has 0 radical (unpaired) electrons. The SMILES string of the molecule is CC(C)On1nnc2ccc(S(=O)(=O)N3C[C@H](C)C[C@H](C)C3)cc21. The maximum atomic E-state index is 13.0. The first-order valence-electron chi connectivity index (χ1n) is 8.30. The highest BCUT2D eigenvalue weighted by atomic mass is 32.2. The van der Waals surface area contributed by atoms with Crippen LogP contribution in [0.5, 0.6) is 0 Å². The van der Waals surface area contributed by atoms with Gasteiger partial charge in [0.25, 0.3) is 0 Å². The van der Waals surface area contributed by atoms with Crippen LogP contribution in [0, 0.1) is 11.8 Å². The lowest BCUT2D eigenvalue weighted by Crippen LogP contribution is -2.42. The Bertz CT molecular complexity index is 821. The summed E-state index contributed by atoms with van der Waals surface area (Å²) in [5.74, 6) is 0.729. The van der Waals surface area contributed by atoms with Crippen LogP contribution in [0.2, 0.25) is 0 Å². The second kappa shape index (κ2) is 6.33. The molecule has 0 unspecified atom stereocenters. The summed E-state index contributed by atoms with van der Waals surface area (Å²) < 4.78 is 27.6. The maximum absolute atomic E-state index is 13.0. The van der Waals surface area contributed by atoms with E-state index in [0.717, 1.165) is 6.42 Å². The van der Waals surface area contributed by atoms with Crippen LogP contribution < -0.4 is 4.84 Å². The highest BCUT2D eigenvalue weighted by Crippen LogP contribution is 2.27. The minimum absolute atomic E-state index is 0.0843. The van der Waals surface area contributed by atoms with E-state index in [9.17, 15) is 8.42 Å². The molecule has 0 aliphatic carbocycles. The monoisotopic (exact) mass is 352 g/mol. The van der Waals surface area contributed by atoms with Crippen LogP contribution in [0.4, 0.5) is 0 Å². The first kappa shape index (κ1) is 17.2. The molecule has 2 atom stereocenters. The Morgan fingerprint density at radius 1 is 1.21 bits per heavy atom. The molecule has 7 nitrogen and oxygen atoms in total. The van der Waals surface area contributed by atoms with Crippen molar-refractivity contribution in [2.75, 3.05) is 13.1 Å². The maximum Gasteiger partial charge on any atom is 0.243 e. The van der Waals surface area contributed by atoms with Crippen molar-refractivity contribution >= 4 is 21.1 Å². The Morgan fingerprint density at radius 3 is 2.50 bits per heavy atom. The van der Waals surface area contributed by atoms with E-state index < -0.39 is 10.0 Å². The standard InChI is InChI=1S/C16H24N4O3S/c1-11(2)23-20-16-8-14(5-6-15(16)17-18-20)24(21,22)19-9-12(3)7-13(4)10-19/h5-6,8,11-13H,7,9-10H2,1-4H3/t12-,13+. The largest absolute Gasteiger partial charge is 0.392 e. The number of rotatable bonds is 4. The van der Waals surface area contributed by atoms with Gasteiger partial charge in [-0.15, -0.1) is 5.10 Å². The topological polar surface area (TPSA) is 77.3 Å². The van der Waals surface area contributed by atoms with E-state index >= 15 is 0 Å². The molecular formula is C16H24N4O3S. The molecule has 2 aromatic rings. The average molecular weight is 352 g/mol. The molecule has 8 heteroatoms. The first-order chi connectivity index (χ1) is 11.3. The molecule has 1 aromatic heterocycles. The highest BCUT2D eigenvalue weighted by Gasteiger charge is 2.32. The van der Waals surface area contributed by atoms with Gasteiger partial charge in [0.2, 0.25) is 10.0 Å². The minimum atomic E-state index is -3.53. The Balaban J connectivity index is 1.98. The zero-order chi connectivity index (χ0) is 17.5. The number of nitrogens with zero attached hydrogens (tertiary/aromatic N) is 4. The van der Waals surface area contributed by atoms with Gasteiger partial charge < -0.3 is 4.84 Å². The van der Waals surface area contributed by atoms with Crippen LogP contribution in [0.3, 0.4) is 0 Å². The molecule has 132 valence electrons. The van der Waals surface area contributed by atoms with Gasteiger partial charge in [-0.3, -0.25) is 0 Å². The van der Waals surface area contributed by atoms with E-state index in [-0.39, 0.29) is 11.0 Å². The summed E-state index contributed by atoms with van der Waals surface area (Å²) in [6, 6.07) is 4.86. The van der Waals surface area contributed by atoms with E-state index in [1.165, 1.54) is 4.85 Å². The molecule has 24 heavy (non-hydrogen) atoms. The summed E-state index contributed by atoms with van der Waals surface area (Å²) >= 11 is 0. The number of benzene rings is 1. The molecule has 1 saturated heterocycles. The van der Waals surface area contributed by atoms with E-state index in [4.69, 9.17) is 4.84 Å². The Labute approximate surface area is 142 Å². The van der Waals surface area contributed by atoms with E-state index in [1.807, 2.05) is 13.8 Å². The molecule has 0 bridgehead atoms. The second-order valence-corrected chi connectivity index (χ2v) is 8.97. The van der Waals surface area contributed by atoms with Crippen LogP contribution in [0.15, 0.2) is 23.1 Å². The van der Waals surface area contributed by atoms with Gasteiger partial charge in [-0.25, -0.2) is 8.42 Å². The van der Waals surface area contributed by atoms with Crippen molar-refractivity contribution in [3.63, 3.8) is 0 Å². The van der Waals surface area contributed by atoms with E-state index in [2.05, 4.69) is 24.2 Å². The van der Waals surface area contributed by atoms with Gasteiger partial charge in [0.1, 0.15) is 17.1 Å². The third-order valence-corrected chi connectivity index (χ3v) is 6.00. The third-order valence-electron chi connectivity index (χ3n) is 4.17. The van der Waals surface area contributed by atoms with E-state index in [0.29, 0.717) is 36.0 Å². The quantitative estimate of drug-likeness (QED) is 0.840. The van der Waals surface area contributed by atoms with Crippen molar-refractivity contribution in [1.82, 2.24) is 19.5 Å². The molecule has 3 rings (SSSR count). The highest BCUT2D eigenvalue weighted by molar-refractivity contribution is 7.89. The average Bonchev–Trinajstić information content (AvgIpc) is 2.88. The molecule has 0 spiro atoms. The zero-order valence-electron chi connectivity index (χ0n) is 14.5. The number of hydrogen-bond donors (Lipinski definition) is 0. The summed E-state index contributed by atoms with van der Waals surface area (Å²) in [5.41, 5.74) is 1.16. The number of fused-ring (bicyclic) bond motifs is 1. The van der Waals surface area contributed by atoms with Crippen LogP contribution in [0.1, 0.15) is 34.1 Å². The van der Waals surface area contributed by atoms with Crippen molar-refractivity contribution in [3.05, 3.63) is 18.2 Å². The summed E-state index contributed by atoms with van der Waals surface area (Å²) in [6.45, 7) is 9.07. The normalized spacial score (nSPS) is 23.0. The fraction of sp³-hybridized carbons (Fsp3) is 0.625. The number of piperidine rings is 1. The lowest BCUT2D eigenvalue weighted by molar-refractivity contribution is 0.0407. The van der Waals surface area contributed by atoms with Crippen molar-refractivity contribution in [2.45, 2.75) is 45.1 Å². The lowest BCUT2D eigenvalue weighted by Gasteiger charge is -2.34. The Hall–Kier alpha value is -1.67. The van der Waals surface area contributed by atoms with Gasteiger partial charge in [0, 0.05) is 13.1 Å². The van der Waals surface area contributed by atoms with Gasteiger partial charge in [-0.2, -0.15) is 4.31 Å². The summed E-state index contributed by atoms with van der Waals surface area (Å²) in [5, 5.41) is 7.94. The molecule has 1 aliphatic heterocycles. The molecule has 0 amide bonds. The smallest absolute Gasteiger partial charge is 0.243 e. The predicted molar refractivity (Wildman–Crippen MR) is 90.9 cm³/mol. The van der Waals surface area contributed by atoms with Crippen LogP contribution in [-0.2, 0) is 10.0 Å². The minimum Gasteiger partial charge on any atom is -0.392 e. The molecular weight excluding hydrogens is 328 g/mol. The molecule has 0 N–H and O–H groups in total. The summed E-state index contributed by atoms with van der Waals surface area (Å²) in [7, 11) is -3.53. The fourth-order valence-electron chi connectivity index (χ4n) is 3.27. The van der Waals surface area contributed by atoms with Gasteiger partial charge in [0.15, 0.2) is 0 Å². The summed E-state index contributed by atoms with van der Waals surface area (Å²) in [6.07, 6.45) is 0.975. The van der Waals surface area contributed by atoms with Crippen molar-refractivity contribution in [1.29, 1.82) is 0 Å². The van der Waals surface area contributed by atoms with Gasteiger partial charge in [-0.05, 0) is 55.5 Å². The van der Waals surface area contributed by atoms with Gasteiger partial charge >= 0.3 is 0 Å². The fourth-order valence-corrected chi connectivity index (χ4v) is 4.97. The molecule has 2 heterocycles. The van der Waals surface area contributed by atoms with Crippen LogP contribution >= 0.6 is 0 Å². The Kier molecular flexibility index (Phi) is 4.52. The molecule has 1 fully saturated rings. The van der Waals surface area contributed by atoms with Crippen molar-refractivity contribution in [2.24, 2.45) is 11.8 Å². The molecule has 0 saturated carbocycles. The Morgan fingerprint density at radius 2 is 1.88 bits per heavy atom. The molecule has 1 aliphatic rings. The van der Waals surface area contributed by atoms with Crippen molar-refractivity contribution in [3.8, 4) is 0 Å². The van der Waals surface area contributed by atoms with Gasteiger partial charge in [-0.1, -0.05) is 18.7 Å². The third kappa shape index (κ3) is 3.25.